The second kappa shape index (κ2) is 11.3. The lowest BCUT2D eigenvalue weighted by Gasteiger charge is -2.28. The van der Waals surface area contributed by atoms with Crippen molar-refractivity contribution in [2.75, 3.05) is 27.4 Å². The highest BCUT2D eigenvalue weighted by molar-refractivity contribution is 5.85. The van der Waals surface area contributed by atoms with Gasteiger partial charge in [0.2, 0.25) is 11.6 Å². The van der Waals surface area contributed by atoms with E-state index in [4.69, 9.17) is 9.47 Å². The van der Waals surface area contributed by atoms with Gasteiger partial charge in [-0.2, -0.15) is 8.78 Å². The summed E-state index contributed by atoms with van der Waals surface area (Å²) in [4.78, 5) is 0. The third kappa shape index (κ3) is 6.97. The SMILES string of the molecule is COc1ccc(CC(C)(C)NCC(O)COc2cc(F)c(OC)c(F)c2F)cc1.Cl. The Kier molecular flexibility index (Phi) is 9.74. The standard InChI is InChI=1S/C21H26F3NO4.ClH/c1-21(2,10-13-5-7-15(27-3)8-6-13)25-11-14(26)12-29-17-9-16(22)20(28-4)19(24)18(17)23;/h5-9,14,25-26H,10-12H2,1-4H3;1H. The van der Waals surface area contributed by atoms with Crippen molar-refractivity contribution >= 4 is 12.4 Å². The third-order valence-corrected chi connectivity index (χ3v) is 4.34. The number of benzene rings is 2. The molecule has 0 spiro atoms. The molecule has 1 unspecified atom stereocenters. The average Bonchev–Trinajstić information content (AvgIpc) is 2.69. The average molecular weight is 450 g/mol. The van der Waals surface area contributed by atoms with Gasteiger partial charge < -0.3 is 24.6 Å². The summed E-state index contributed by atoms with van der Waals surface area (Å²) in [6.45, 7) is 3.75. The minimum atomic E-state index is -1.48. The van der Waals surface area contributed by atoms with E-state index in [0.29, 0.717) is 12.5 Å². The van der Waals surface area contributed by atoms with E-state index >= 15 is 0 Å². The smallest absolute Gasteiger partial charge is 0.207 e. The summed E-state index contributed by atoms with van der Waals surface area (Å²) in [7, 11) is 2.63. The molecule has 5 nitrogen and oxygen atoms in total. The summed E-state index contributed by atoms with van der Waals surface area (Å²) in [5.41, 5.74) is 0.736. The molecular weight excluding hydrogens is 423 g/mol. The van der Waals surface area contributed by atoms with Crippen LogP contribution >= 0.6 is 12.4 Å². The second-order valence-corrected chi connectivity index (χ2v) is 7.27. The molecule has 2 aromatic carbocycles. The number of aliphatic hydroxyl groups excluding tert-OH is 1. The minimum Gasteiger partial charge on any atom is -0.497 e. The van der Waals surface area contributed by atoms with Gasteiger partial charge in [-0.1, -0.05) is 12.1 Å². The summed E-state index contributed by atoms with van der Waals surface area (Å²) >= 11 is 0. The van der Waals surface area contributed by atoms with Crippen LogP contribution in [-0.4, -0.2) is 44.1 Å². The van der Waals surface area contributed by atoms with E-state index in [9.17, 15) is 18.3 Å². The van der Waals surface area contributed by atoms with Crippen LogP contribution in [0.4, 0.5) is 13.2 Å². The maximum absolute atomic E-state index is 13.9. The Bertz CT molecular complexity index is 819. The Balaban J connectivity index is 0.00000450. The Labute approximate surface area is 180 Å². The van der Waals surface area contributed by atoms with Crippen molar-refractivity contribution in [2.45, 2.75) is 31.9 Å². The molecule has 1 atom stereocenters. The van der Waals surface area contributed by atoms with Crippen LogP contribution in [0.1, 0.15) is 19.4 Å². The Morgan fingerprint density at radius 3 is 2.23 bits per heavy atom. The van der Waals surface area contributed by atoms with Gasteiger partial charge in [0.15, 0.2) is 17.3 Å². The summed E-state index contributed by atoms with van der Waals surface area (Å²) in [6.07, 6.45) is -0.327. The van der Waals surface area contributed by atoms with Gasteiger partial charge in [-0.25, -0.2) is 4.39 Å². The quantitative estimate of drug-likeness (QED) is 0.539. The molecule has 0 radical (unpaired) electrons. The molecule has 0 aliphatic heterocycles. The molecule has 30 heavy (non-hydrogen) atoms. The van der Waals surface area contributed by atoms with E-state index in [-0.39, 0.29) is 31.1 Å². The van der Waals surface area contributed by atoms with Gasteiger partial charge in [0.1, 0.15) is 18.5 Å². The topological polar surface area (TPSA) is 60.0 Å². The normalized spacial score (nSPS) is 12.1. The van der Waals surface area contributed by atoms with Crippen LogP contribution in [-0.2, 0) is 6.42 Å². The highest BCUT2D eigenvalue weighted by atomic mass is 35.5. The lowest BCUT2D eigenvalue weighted by molar-refractivity contribution is 0.0959. The van der Waals surface area contributed by atoms with Gasteiger partial charge >= 0.3 is 0 Å². The Morgan fingerprint density at radius 1 is 1.03 bits per heavy atom. The Morgan fingerprint density at radius 2 is 1.67 bits per heavy atom. The van der Waals surface area contributed by atoms with Crippen LogP contribution in [0.25, 0.3) is 0 Å². The maximum atomic E-state index is 13.9. The van der Waals surface area contributed by atoms with Crippen LogP contribution in [0, 0.1) is 17.5 Å². The first-order valence-corrected chi connectivity index (χ1v) is 9.07. The number of rotatable bonds is 10. The van der Waals surface area contributed by atoms with Crippen LogP contribution in [0.15, 0.2) is 30.3 Å². The lowest BCUT2D eigenvalue weighted by Crippen LogP contribution is -2.46. The van der Waals surface area contributed by atoms with Crippen molar-refractivity contribution in [1.29, 1.82) is 0 Å². The van der Waals surface area contributed by atoms with Crippen LogP contribution < -0.4 is 19.5 Å². The van der Waals surface area contributed by atoms with E-state index in [1.54, 1.807) is 7.11 Å². The van der Waals surface area contributed by atoms with Crippen molar-refractivity contribution < 1.29 is 32.5 Å². The van der Waals surface area contributed by atoms with Crippen LogP contribution in [0.2, 0.25) is 0 Å². The first-order valence-electron chi connectivity index (χ1n) is 9.07. The van der Waals surface area contributed by atoms with Gasteiger partial charge in [-0.05, 0) is 38.0 Å². The first-order chi connectivity index (χ1) is 13.7. The summed E-state index contributed by atoms with van der Waals surface area (Å²) in [5.74, 6) is -4.62. The van der Waals surface area contributed by atoms with Gasteiger partial charge in [0.05, 0.1) is 14.2 Å². The number of β-amino-alcohol motifs (C(OH)–C–C–N with tert-alkyl or cyclic N) is 1. The number of ether oxygens (including phenoxy) is 3. The zero-order valence-corrected chi connectivity index (χ0v) is 18.1. The first kappa shape index (κ1) is 25.9. The zero-order valence-electron chi connectivity index (χ0n) is 17.3. The monoisotopic (exact) mass is 449 g/mol. The zero-order chi connectivity index (χ0) is 21.6. The molecule has 0 bridgehead atoms. The molecule has 0 aromatic heterocycles. The van der Waals surface area contributed by atoms with Crippen molar-refractivity contribution in [1.82, 2.24) is 5.32 Å². The van der Waals surface area contributed by atoms with Crippen molar-refractivity contribution in [2.24, 2.45) is 0 Å². The predicted octanol–water partition coefficient (Wildman–Crippen LogP) is 3.89. The van der Waals surface area contributed by atoms with Gasteiger partial charge in [0, 0.05) is 18.2 Å². The molecule has 0 fully saturated rings. The highest BCUT2D eigenvalue weighted by Crippen LogP contribution is 2.30. The molecule has 2 aromatic rings. The molecule has 0 aliphatic rings. The number of halogens is 4. The summed E-state index contributed by atoms with van der Waals surface area (Å²) in [5, 5.41) is 13.3. The fourth-order valence-corrected chi connectivity index (χ4v) is 2.80. The van der Waals surface area contributed by atoms with Crippen molar-refractivity contribution in [3.05, 3.63) is 53.3 Å². The maximum Gasteiger partial charge on any atom is 0.207 e. The molecule has 0 aliphatic carbocycles. The van der Waals surface area contributed by atoms with E-state index < -0.39 is 35.1 Å². The predicted molar refractivity (Wildman–Crippen MR) is 110 cm³/mol. The van der Waals surface area contributed by atoms with E-state index in [0.717, 1.165) is 18.4 Å². The van der Waals surface area contributed by atoms with Crippen LogP contribution in [0.3, 0.4) is 0 Å². The number of nitrogens with one attached hydrogen (secondary N) is 1. The molecule has 0 heterocycles. The Hall–Kier alpha value is -2.16. The van der Waals surface area contributed by atoms with E-state index in [1.165, 1.54) is 0 Å². The molecule has 2 rings (SSSR count). The molecule has 2 N–H and O–H groups in total. The van der Waals surface area contributed by atoms with Crippen molar-refractivity contribution in [3.8, 4) is 17.2 Å². The van der Waals surface area contributed by atoms with Gasteiger partial charge in [-0.15, -0.1) is 12.4 Å². The number of hydrogen-bond donors (Lipinski definition) is 2. The molecule has 9 heteroatoms. The molecule has 168 valence electrons. The third-order valence-electron chi connectivity index (χ3n) is 4.34. The number of methoxy groups -OCH3 is 2. The minimum absolute atomic E-state index is 0. The molecule has 0 saturated heterocycles. The fraction of sp³-hybridized carbons (Fsp3) is 0.429. The summed E-state index contributed by atoms with van der Waals surface area (Å²) < 4.78 is 55.9. The number of hydrogen-bond acceptors (Lipinski definition) is 5. The van der Waals surface area contributed by atoms with E-state index in [1.807, 2.05) is 38.1 Å². The number of aliphatic hydroxyl groups is 1. The largest absolute Gasteiger partial charge is 0.497 e. The molecule has 0 saturated carbocycles. The van der Waals surface area contributed by atoms with Gasteiger partial charge in [0.25, 0.3) is 0 Å². The highest BCUT2D eigenvalue weighted by Gasteiger charge is 2.22. The van der Waals surface area contributed by atoms with Crippen molar-refractivity contribution in [3.63, 3.8) is 0 Å². The summed E-state index contributed by atoms with van der Waals surface area (Å²) in [6, 6.07) is 8.34. The lowest BCUT2D eigenvalue weighted by atomic mass is 9.94. The fourth-order valence-electron chi connectivity index (χ4n) is 2.80. The second-order valence-electron chi connectivity index (χ2n) is 7.27. The van der Waals surface area contributed by atoms with Crippen LogP contribution in [0.5, 0.6) is 17.2 Å². The van der Waals surface area contributed by atoms with E-state index in [2.05, 4.69) is 10.1 Å². The molecular formula is C21H27ClF3NO4. The van der Waals surface area contributed by atoms with Gasteiger partial charge in [-0.3, -0.25) is 0 Å². The molecule has 0 amide bonds.